The maximum absolute atomic E-state index is 12.6. The molecule has 0 N–H and O–H groups in total. The topological polar surface area (TPSA) is 76.4 Å². The van der Waals surface area contributed by atoms with Crippen LogP contribution in [0.1, 0.15) is 23.2 Å². The number of nitriles is 1. The van der Waals surface area contributed by atoms with E-state index in [2.05, 4.69) is 87.5 Å². The second-order valence-electron chi connectivity index (χ2n) is 10.3. The smallest absolute Gasteiger partial charge is 0.220 e. The third kappa shape index (κ3) is 5.25. The second-order valence-corrected chi connectivity index (χ2v) is 11.6. The molecule has 3 aromatic carbocycles. The van der Waals surface area contributed by atoms with Gasteiger partial charge in [-0.05, 0) is 23.4 Å². The van der Waals surface area contributed by atoms with Gasteiger partial charge < -0.3 is 9.80 Å². The summed E-state index contributed by atoms with van der Waals surface area (Å²) in [4.78, 5) is 16.7. The van der Waals surface area contributed by atoms with Crippen molar-refractivity contribution in [2.45, 2.75) is 37.1 Å². The molecule has 1 fully saturated rings. The number of hydrogen-bond acceptors (Lipinski definition) is 7. The fourth-order valence-electron chi connectivity index (χ4n) is 5.88. The van der Waals surface area contributed by atoms with Gasteiger partial charge in [0.15, 0.2) is 0 Å². The fraction of sp³-hybridized carbons (Fsp3) is 0.323. The van der Waals surface area contributed by atoms with Gasteiger partial charge in [-0.15, -0.1) is 0 Å². The van der Waals surface area contributed by atoms with Gasteiger partial charge in [0, 0.05) is 61.7 Å². The highest BCUT2D eigenvalue weighted by Crippen LogP contribution is 2.34. The molecule has 2 atom stereocenters. The minimum absolute atomic E-state index is 0.0981. The zero-order valence-corrected chi connectivity index (χ0v) is 23.0. The van der Waals surface area contributed by atoms with Crippen LogP contribution in [-0.4, -0.2) is 57.6 Å². The van der Waals surface area contributed by atoms with Crippen LogP contribution in [0.15, 0.2) is 78.0 Å². The molecule has 0 aliphatic carbocycles. The number of nitrogens with zero attached hydrogens (tertiary/aromatic N) is 6. The highest BCUT2D eigenvalue weighted by atomic mass is 32.2. The number of hydrogen-bond donors (Lipinski definition) is 0. The molecule has 198 valence electrons. The largest absolute Gasteiger partial charge is 0.365 e. The summed E-state index contributed by atoms with van der Waals surface area (Å²) in [6.45, 7) is 4.70. The van der Waals surface area contributed by atoms with E-state index in [9.17, 15) is 9.47 Å². The molecule has 1 unspecified atom stereocenters. The number of anilines is 2. The van der Waals surface area contributed by atoms with E-state index in [0.717, 1.165) is 49.7 Å². The van der Waals surface area contributed by atoms with Gasteiger partial charge >= 0.3 is 0 Å². The Balaban J connectivity index is 1.30. The first-order valence-corrected chi connectivity index (χ1v) is 15.0. The number of piperazine rings is 1. The van der Waals surface area contributed by atoms with Gasteiger partial charge in [-0.25, -0.2) is 9.97 Å². The van der Waals surface area contributed by atoms with Crippen molar-refractivity contribution in [3.8, 4) is 6.07 Å². The molecule has 2 aliphatic rings. The molecule has 39 heavy (non-hydrogen) atoms. The van der Waals surface area contributed by atoms with Gasteiger partial charge in [-0.2, -0.15) is 5.26 Å². The van der Waals surface area contributed by atoms with Crippen LogP contribution in [0.4, 0.5) is 11.5 Å². The van der Waals surface area contributed by atoms with Gasteiger partial charge in [0.05, 0.1) is 35.5 Å². The second kappa shape index (κ2) is 11.1. The van der Waals surface area contributed by atoms with Crippen LogP contribution in [0, 0.1) is 11.3 Å². The molecule has 1 saturated heterocycles. The lowest BCUT2D eigenvalue weighted by Gasteiger charge is -2.42. The van der Waals surface area contributed by atoms with Crippen LogP contribution in [0.25, 0.3) is 10.8 Å². The Bertz CT molecular complexity index is 1550. The van der Waals surface area contributed by atoms with Crippen molar-refractivity contribution in [3.05, 3.63) is 89.6 Å². The Morgan fingerprint density at radius 1 is 0.949 bits per heavy atom. The number of aromatic nitrogens is 2. The summed E-state index contributed by atoms with van der Waals surface area (Å²) in [6.07, 6.45) is 2.92. The Hall–Kier alpha value is -3.80. The molecule has 0 amide bonds. The number of rotatable bonds is 6. The third-order valence-electron chi connectivity index (χ3n) is 7.85. The lowest BCUT2D eigenvalue weighted by atomic mass is 10.0. The van der Waals surface area contributed by atoms with E-state index >= 15 is 0 Å². The van der Waals surface area contributed by atoms with Crippen LogP contribution in [0.3, 0.4) is 0 Å². The van der Waals surface area contributed by atoms with E-state index in [1.165, 1.54) is 22.0 Å². The lowest BCUT2D eigenvalue weighted by Crippen LogP contribution is -2.53. The average Bonchev–Trinajstić information content (AvgIpc) is 2.97. The Morgan fingerprint density at radius 3 is 2.56 bits per heavy atom. The zero-order valence-electron chi connectivity index (χ0n) is 22.2. The third-order valence-corrected chi connectivity index (χ3v) is 8.54. The molecular weight excluding hydrogens is 504 g/mol. The molecule has 0 spiro atoms. The number of benzene rings is 3. The molecule has 1 aromatic heterocycles. The minimum Gasteiger partial charge on any atom is -0.365 e. The van der Waals surface area contributed by atoms with Gasteiger partial charge in [0.1, 0.15) is 5.82 Å². The quantitative estimate of drug-likeness (QED) is 0.335. The normalized spacial score (nSPS) is 18.5. The fourth-order valence-corrected chi connectivity index (χ4v) is 6.33. The Labute approximate surface area is 232 Å². The van der Waals surface area contributed by atoms with Crippen LogP contribution < -0.4 is 9.80 Å². The highest BCUT2D eigenvalue weighted by molar-refractivity contribution is 7.84. The predicted molar refractivity (Wildman–Crippen MR) is 156 cm³/mol. The number of fused-ring (bicyclic) bond motifs is 2. The molecule has 8 heteroatoms. The van der Waals surface area contributed by atoms with Gasteiger partial charge in [-0.1, -0.05) is 66.7 Å². The SMILES string of the molecule is CS(=O)c1nc2c(c(N3CCN(Cc4ccccc4)[C@@H](CC#N)C3)n1)CCN(c1cccc3ccccc13)C2. The van der Waals surface area contributed by atoms with Gasteiger partial charge in [0.2, 0.25) is 5.16 Å². The molecule has 0 bridgehead atoms. The molecule has 0 radical (unpaired) electrons. The Kier molecular flexibility index (Phi) is 7.27. The Morgan fingerprint density at radius 2 is 1.74 bits per heavy atom. The van der Waals surface area contributed by atoms with E-state index in [1.807, 2.05) is 6.07 Å². The maximum Gasteiger partial charge on any atom is 0.220 e. The summed E-state index contributed by atoms with van der Waals surface area (Å²) in [5, 5.41) is 12.4. The zero-order chi connectivity index (χ0) is 26.8. The van der Waals surface area contributed by atoms with E-state index in [1.54, 1.807) is 6.26 Å². The van der Waals surface area contributed by atoms with Crippen molar-refractivity contribution in [1.29, 1.82) is 5.26 Å². The average molecular weight is 537 g/mol. The summed E-state index contributed by atoms with van der Waals surface area (Å²) in [6, 6.07) is 27.8. The molecule has 6 rings (SSSR count). The minimum atomic E-state index is -1.30. The first-order valence-electron chi connectivity index (χ1n) is 13.5. The maximum atomic E-state index is 12.6. The molecule has 7 nitrogen and oxygen atoms in total. The summed E-state index contributed by atoms with van der Waals surface area (Å²) in [5.41, 5.74) is 4.55. The summed E-state index contributed by atoms with van der Waals surface area (Å²) in [7, 11) is -1.30. The van der Waals surface area contributed by atoms with Crippen molar-refractivity contribution >= 4 is 33.1 Å². The van der Waals surface area contributed by atoms with Gasteiger partial charge in [-0.3, -0.25) is 9.11 Å². The van der Waals surface area contributed by atoms with E-state index in [-0.39, 0.29) is 6.04 Å². The van der Waals surface area contributed by atoms with Crippen molar-refractivity contribution < 1.29 is 4.21 Å². The van der Waals surface area contributed by atoms with Crippen LogP contribution >= 0.6 is 0 Å². The van der Waals surface area contributed by atoms with Crippen molar-refractivity contribution in [2.24, 2.45) is 0 Å². The summed E-state index contributed by atoms with van der Waals surface area (Å²) in [5.74, 6) is 0.894. The molecular formula is C31H32N6OS. The van der Waals surface area contributed by atoms with Crippen molar-refractivity contribution in [2.75, 3.05) is 42.2 Å². The van der Waals surface area contributed by atoms with E-state index in [0.29, 0.717) is 24.7 Å². The standard InChI is InChI=1S/C31H32N6OS/c1-39(38)31-33-28-22-36(29-13-7-11-24-10-5-6-12-26(24)29)17-15-27(28)30(34-31)37-19-18-35(25(21-37)14-16-32)20-23-8-3-2-4-9-23/h2-13,25H,14-15,17-22H2,1H3/t25-,39?/m0/s1. The first kappa shape index (κ1) is 25.5. The highest BCUT2D eigenvalue weighted by Gasteiger charge is 2.32. The first-order chi connectivity index (χ1) is 19.1. The molecule has 4 aromatic rings. The van der Waals surface area contributed by atoms with Crippen LogP contribution in [0.5, 0.6) is 0 Å². The summed E-state index contributed by atoms with van der Waals surface area (Å²) >= 11 is 0. The lowest BCUT2D eigenvalue weighted by molar-refractivity contribution is 0.169. The van der Waals surface area contributed by atoms with Crippen LogP contribution in [0.2, 0.25) is 0 Å². The van der Waals surface area contributed by atoms with E-state index < -0.39 is 10.8 Å². The van der Waals surface area contributed by atoms with Crippen LogP contribution in [-0.2, 0) is 30.3 Å². The molecule has 0 saturated carbocycles. The van der Waals surface area contributed by atoms with Crippen molar-refractivity contribution in [3.63, 3.8) is 0 Å². The predicted octanol–water partition coefficient (Wildman–Crippen LogP) is 4.53. The molecule has 2 aliphatic heterocycles. The van der Waals surface area contributed by atoms with E-state index in [4.69, 9.17) is 9.97 Å². The summed E-state index contributed by atoms with van der Waals surface area (Å²) < 4.78 is 12.6. The van der Waals surface area contributed by atoms with Gasteiger partial charge in [0.25, 0.3) is 0 Å². The molecule has 3 heterocycles. The van der Waals surface area contributed by atoms with Crippen molar-refractivity contribution in [1.82, 2.24) is 14.9 Å². The monoisotopic (exact) mass is 536 g/mol.